The van der Waals surface area contributed by atoms with E-state index in [1.807, 2.05) is 36.1 Å². The van der Waals surface area contributed by atoms with Crippen molar-refractivity contribution in [1.29, 1.82) is 0 Å². The highest BCUT2D eigenvalue weighted by molar-refractivity contribution is 7.89. The number of anilines is 1. The maximum absolute atomic E-state index is 14.1. The molecule has 3 heterocycles. The van der Waals surface area contributed by atoms with Crippen molar-refractivity contribution in [3.8, 4) is 5.69 Å². The second-order valence-corrected chi connectivity index (χ2v) is 9.58. The summed E-state index contributed by atoms with van der Waals surface area (Å²) in [6.07, 6.45) is 1.42. The van der Waals surface area contributed by atoms with E-state index in [9.17, 15) is 17.2 Å². The van der Waals surface area contributed by atoms with Gasteiger partial charge in [0.25, 0.3) is 0 Å². The number of hydrogen-bond acceptors (Lipinski definition) is 7. The van der Waals surface area contributed by atoms with Gasteiger partial charge in [0, 0.05) is 32.2 Å². The number of piperazine rings is 1. The fourth-order valence-corrected chi connectivity index (χ4v) is 5.26. The molecule has 0 unspecified atom stereocenters. The van der Waals surface area contributed by atoms with E-state index in [0.29, 0.717) is 36.1 Å². The van der Waals surface area contributed by atoms with E-state index in [2.05, 4.69) is 20.3 Å². The number of halogens is 2. The molecule has 12 heteroatoms. The fourth-order valence-electron chi connectivity index (χ4n) is 3.79. The molecule has 0 radical (unpaired) electrons. The van der Waals surface area contributed by atoms with Gasteiger partial charge < -0.3 is 4.90 Å². The molecule has 0 amide bonds. The first-order chi connectivity index (χ1) is 15.8. The third-order valence-corrected chi connectivity index (χ3v) is 7.48. The van der Waals surface area contributed by atoms with E-state index in [1.165, 1.54) is 10.6 Å². The molecule has 5 rings (SSSR count). The van der Waals surface area contributed by atoms with Crippen molar-refractivity contribution in [1.82, 2.24) is 29.3 Å². The van der Waals surface area contributed by atoms with Crippen LogP contribution in [0.3, 0.4) is 0 Å². The first kappa shape index (κ1) is 21.3. The number of fused-ring (bicyclic) bond motifs is 1. The van der Waals surface area contributed by atoms with Gasteiger partial charge in [0.05, 0.1) is 5.69 Å². The van der Waals surface area contributed by atoms with E-state index < -0.39 is 26.6 Å². The van der Waals surface area contributed by atoms with Crippen LogP contribution in [0.5, 0.6) is 0 Å². The molecule has 0 N–H and O–H groups in total. The molecule has 1 aliphatic heterocycles. The number of hydrogen-bond donors (Lipinski definition) is 0. The summed E-state index contributed by atoms with van der Waals surface area (Å²) in [5.41, 5.74) is 2.96. The molecule has 2 aromatic heterocycles. The molecule has 33 heavy (non-hydrogen) atoms. The maximum Gasteiger partial charge on any atom is 0.246 e. The van der Waals surface area contributed by atoms with Crippen molar-refractivity contribution in [2.24, 2.45) is 0 Å². The van der Waals surface area contributed by atoms with Crippen LogP contribution in [-0.4, -0.2) is 63.9 Å². The van der Waals surface area contributed by atoms with Crippen LogP contribution in [-0.2, 0) is 10.0 Å². The van der Waals surface area contributed by atoms with Crippen LogP contribution in [0.1, 0.15) is 5.56 Å². The monoisotopic (exact) mass is 471 g/mol. The molecule has 9 nitrogen and oxygen atoms in total. The number of aromatic nitrogens is 5. The van der Waals surface area contributed by atoms with Gasteiger partial charge in [0.2, 0.25) is 10.0 Å². The lowest BCUT2D eigenvalue weighted by atomic mass is 10.2. The Kier molecular flexibility index (Phi) is 5.25. The molecule has 0 bridgehead atoms. The van der Waals surface area contributed by atoms with Crippen LogP contribution >= 0.6 is 0 Å². The molecule has 0 aliphatic carbocycles. The van der Waals surface area contributed by atoms with E-state index in [-0.39, 0.29) is 13.1 Å². The molecular formula is C21H19F2N7O2S. The summed E-state index contributed by atoms with van der Waals surface area (Å²) in [6, 6.07) is 10.2. The van der Waals surface area contributed by atoms with Gasteiger partial charge in [-0.25, -0.2) is 27.2 Å². The Labute approximate surface area is 188 Å². The van der Waals surface area contributed by atoms with E-state index >= 15 is 0 Å². The van der Waals surface area contributed by atoms with Crippen molar-refractivity contribution in [2.75, 3.05) is 31.1 Å². The molecule has 0 atom stereocenters. The van der Waals surface area contributed by atoms with E-state index in [4.69, 9.17) is 0 Å². The van der Waals surface area contributed by atoms with Crippen molar-refractivity contribution in [3.63, 3.8) is 0 Å². The average molecular weight is 471 g/mol. The Morgan fingerprint density at radius 3 is 2.36 bits per heavy atom. The van der Waals surface area contributed by atoms with Crippen LogP contribution in [0.2, 0.25) is 0 Å². The van der Waals surface area contributed by atoms with Crippen LogP contribution < -0.4 is 4.90 Å². The molecule has 1 fully saturated rings. The Hall–Kier alpha value is -3.51. The first-order valence-electron chi connectivity index (χ1n) is 10.2. The highest BCUT2D eigenvalue weighted by Gasteiger charge is 2.32. The van der Waals surface area contributed by atoms with Crippen LogP contribution in [0.15, 0.2) is 53.7 Å². The number of benzene rings is 2. The lowest BCUT2D eigenvalue weighted by Gasteiger charge is -2.34. The van der Waals surface area contributed by atoms with Gasteiger partial charge in [-0.15, -0.1) is 5.10 Å². The zero-order valence-corrected chi connectivity index (χ0v) is 18.4. The number of rotatable bonds is 4. The van der Waals surface area contributed by atoms with Crippen molar-refractivity contribution >= 4 is 27.0 Å². The standard InChI is InChI=1S/C21H19F2N7O2S/c1-14-2-5-16(6-3-14)30-21-19(26-27-30)20(24-13-25-21)28-8-10-29(11-9-28)33(31,32)18-7-4-15(22)12-17(18)23/h2-7,12-13H,8-11H2,1H3. The van der Waals surface area contributed by atoms with Gasteiger partial charge in [-0.3, -0.25) is 0 Å². The zero-order chi connectivity index (χ0) is 23.2. The smallest absolute Gasteiger partial charge is 0.246 e. The minimum atomic E-state index is -4.09. The van der Waals surface area contributed by atoms with Gasteiger partial charge in [0.15, 0.2) is 17.0 Å². The topological polar surface area (TPSA) is 97.1 Å². The largest absolute Gasteiger partial charge is 0.352 e. The molecule has 1 aliphatic rings. The SMILES string of the molecule is Cc1ccc(-n2nnc3c(N4CCN(S(=O)(=O)c5ccc(F)cc5F)CC4)ncnc32)cc1. The lowest BCUT2D eigenvalue weighted by Crippen LogP contribution is -2.49. The molecule has 2 aromatic carbocycles. The summed E-state index contributed by atoms with van der Waals surface area (Å²) in [5, 5.41) is 8.48. The average Bonchev–Trinajstić information content (AvgIpc) is 3.24. The van der Waals surface area contributed by atoms with Crippen molar-refractivity contribution < 1.29 is 17.2 Å². The van der Waals surface area contributed by atoms with Crippen molar-refractivity contribution in [2.45, 2.75) is 11.8 Å². The van der Waals surface area contributed by atoms with Gasteiger partial charge >= 0.3 is 0 Å². The summed E-state index contributed by atoms with van der Waals surface area (Å²) in [5.74, 6) is -1.39. The van der Waals surface area contributed by atoms with Gasteiger partial charge in [0.1, 0.15) is 22.9 Å². The molecule has 0 saturated carbocycles. The Morgan fingerprint density at radius 2 is 1.67 bits per heavy atom. The minimum Gasteiger partial charge on any atom is -0.352 e. The quantitative estimate of drug-likeness (QED) is 0.451. The molecule has 0 spiro atoms. The summed E-state index contributed by atoms with van der Waals surface area (Å²) >= 11 is 0. The zero-order valence-electron chi connectivity index (χ0n) is 17.6. The van der Waals surface area contributed by atoms with E-state index in [0.717, 1.165) is 23.4 Å². The van der Waals surface area contributed by atoms with Crippen LogP contribution in [0.25, 0.3) is 16.9 Å². The summed E-state index contributed by atoms with van der Waals surface area (Å²) in [7, 11) is -4.09. The predicted octanol–water partition coefficient (Wildman–Crippen LogP) is 2.31. The van der Waals surface area contributed by atoms with Gasteiger partial charge in [-0.05, 0) is 31.2 Å². The predicted molar refractivity (Wildman–Crippen MR) is 117 cm³/mol. The van der Waals surface area contributed by atoms with Gasteiger partial charge in [-0.1, -0.05) is 22.9 Å². The summed E-state index contributed by atoms with van der Waals surface area (Å²) < 4.78 is 55.8. The maximum atomic E-state index is 14.1. The Balaban J connectivity index is 1.39. The highest BCUT2D eigenvalue weighted by atomic mass is 32.2. The summed E-state index contributed by atoms with van der Waals surface area (Å²) in [4.78, 5) is 10.0. The third kappa shape index (κ3) is 3.80. The van der Waals surface area contributed by atoms with Crippen LogP contribution in [0.4, 0.5) is 14.6 Å². The summed E-state index contributed by atoms with van der Waals surface area (Å²) in [6.45, 7) is 2.83. The number of sulfonamides is 1. The second kappa shape index (κ2) is 8.12. The van der Waals surface area contributed by atoms with Crippen LogP contribution in [0, 0.1) is 18.6 Å². The Bertz CT molecular complexity index is 1430. The van der Waals surface area contributed by atoms with Gasteiger partial charge in [-0.2, -0.15) is 8.99 Å². The second-order valence-electron chi connectivity index (χ2n) is 7.67. The number of aryl methyl sites for hydroxylation is 1. The third-order valence-electron chi connectivity index (χ3n) is 5.55. The first-order valence-corrected chi connectivity index (χ1v) is 11.6. The number of nitrogens with zero attached hydrogens (tertiary/aromatic N) is 7. The lowest BCUT2D eigenvalue weighted by molar-refractivity contribution is 0.381. The van der Waals surface area contributed by atoms with E-state index in [1.54, 1.807) is 4.68 Å². The molecule has 1 saturated heterocycles. The molecule has 4 aromatic rings. The highest BCUT2D eigenvalue weighted by Crippen LogP contribution is 2.26. The molecular weight excluding hydrogens is 452 g/mol. The molecule has 170 valence electrons. The minimum absolute atomic E-state index is 0.108. The normalized spacial score (nSPS) is 15.3. The fraction of sp³-hybridized carbons (Fsp3) is 0.238. The van der Waals surface area contributed by atoms with Crippen molar-refractivity contribution in [3.05, 3.63) is 66.0 Å². The Morgan fingerprint density at radius 1 is 0.939 bits per heavy atom.